The molecule has 6 heteroatoms. The predicted octanol–water partition coefficient (Wildman–Crippen LogP) is 0.988. The number of hydrogen-bond acceptors (Lipinski definition) is 4. The van der Waals surface area contributed by atoms with Gasteiger partial charge in [0.1, 0.15) is 0 Å². The van der Waals surface area contributed by atoms with Gasteiger partial charge in [0.15, 0.2) is 0 Å². The van der Waals surface area contributed by atoms with Crippen LogP contribution in [-0.4, -0.2) is 29.9 Å². The van der Waals surface area contributed by atoms with Crippen LogP contribution in [0.15, 0.2) is 0 Å². The van der Waals surface area contributed by atoms with E-state index in [0.717, 1.165) is 25.7 Å². The molecule has 0 aliphatic heterocycles. The molecule has 0 aliphatic carbocycles. The molecule has 0 fully saturated rings. The van der Waals surface area contributed by atoms with Gasteiger partial charge in [0, 0.05) is 11.9 Å². The molecule has 0 aliphatic rings. The van der Waals surface area contributed by atoms with E-state index in [4.69, 9.17) is 5.11 Å². The van der Waals surface area contributed by atoms with Gasteiger partial charge < -0.3 is 9.66 Å². The second-order valence-electron chi connectivity index (χ2n) is 5.95. The van der Waals surface area contributed by atoms with Crippen molar-refractivity contribution in [2.24, 2.45) is 0 Å². The van der Waals surface area contributed by atoms with Crippen LogP contribution < -0.4 is 51.4 Å². The van der Waals surface area contributed by atoms with Crippen LogP contribution in [-0.2, 0) is 10.1 Å². The zero-order valence-corrected chi connectivity index (χ0v) is 18.5. The van der Waals surface area contributed by atoms with Crippen LogP contribution in [0.3, 0.4) is 0 Å². The first-order chi connectivity index (χ1) is 10.0. The van der Waals surface area contributed by atoms with E-state index in [0.29, 0.717) is 25.7 Å². The number of unbranched alkanes of at least 4 members (excludes halogenated alkanes) is 9. The van der Waals surface area contributed by atoms with Crippen molar-refractivity contribution in [2.75, 3.05) is 6.61 Å². The number of aliphatic hydroxyl groups is 1. The van der Waals surface area contributed by atoms with Crippen LogP contribution in [0.5, 0.6) is 0 Å². The van der Waals surface area contributed by atoms with Gasteiger partial charge in [-0.15, -0.1) is 0 Å². The quantitative estimate of drug-likeness (QED) is 0.268. The third kappa shape index (κ3) is 16.4. The van der Waals surface area contributed by atoms with Gasteiger partial charge in [-0.05, 0) is 19.3 Å². The maximum absolute atomic E-state index is 11.2. The molecular weight excluding hydrogens is 327 g/mol. The molecule has 0 heterocycles. The smallest absolute Gasteiger partial charge is 0.748 e. The standard InChI is InChI=1S/C16H34O4S.K/c1-2-3-4-5-6-7-8-10-13-16(21(18,19)20)14-11-9-12-15-17;/h16-17H,2-15H2,1H3,(H,18,19,20);/q;+1/p-1. The van der Waals surface area contributed by atoms with Gasteiger partial charge in [0.2, 0.25) is 0 Å². The van der Waals surface area contributed by atoms with E-state index in [1.807, 2.05) is 0 Å². The minimum Gasteiger partial charge on any atom is -0.748 e. The minimum absolute atomic E-state index is 0. The molecule has 4 nitrogen and oxygen atoms in total. The molecule has 0 amide bonds. The van der Waals surface area contributed by atoms with Gasteiger partial charge in [-0.25, -0.2) is 8.42 Å². The van der Waals surface area contributed by atoms with E-state index in [9.17, 15) is 13.0 Å². The molecule has 0 rings (SSSR count). The third-order valence-corrected chi connectivity index (χ3v) is 5.26. The molecule has 0 bridgehead atoms. The Kier molecular flexibility index (Phi) is 20.3. The molecule has 1 atom stereocenters. The van der Waals surface area contributed by atoms with Gasteiger partial charge in [-0.3, -0.25) is 0 Å². The van der Waals surface area contributed by atoms with Crippen LogP contribution in [0.4, 0.5) is 0 Å². The summed E-state index contributed by atoms with van der Waals surface area (Å²) < 4.78 is 33.7. The molecule has 0 aromatic heterocycles. The summed E-state index contributed by atoms with van der Waals surface area (Å²) in [7, 11) is -4.17. The largest absolute Gasteiger partial charge is 1.00 e. The van der Waals surface area contributed by atoms with Gasteiger partial charge in [-0.1, -0.05) is 71.1 Å². The van der Waals surface area contributed by atoms with Crippen molar-refractivity contribution in [2.45, 2.75) is 95.6 Å². The van der Waals surface area contributed by atoms with Crippen molar-refractivity contribution in [3.63, 3.8) is 0 Å². The van der Waals surface area contributed by atoms with Crippen molar-refractivity contribution in [1.29, 1.82) is 0 Å². The van der Waals surface area contributed by atoms with Crippen molar-refractivity contribution < 1.29 is 69.5 Å². The summed E-state index contributed by atoms with van der Waals surface area (Å²) in [5.41, 5.74) is 0. The zero-order chi connectivity index (χ0) is 16.0. The Morgan fingerprint density at radius 2 is 1.23 bits per heavy atom. The number of rotatable bonds is 15. The van der Waals surface area contributed by atoms with Crippen molar-refractivity contribution in [1.82, 2.24) is 0 Å². The molecule has 22 heavy (non-hydrogen) atoms. The second kappa shape index (κ2) is 17.3. The average molecular weight is 361 g/mol. The average Bonchev–Trinajstić information content (AvgIpc) is 2.42. The Labute approximate surface area is 180 Å². The van der Waals surface area contributed by atoms with Gasteiger partial charge in [-0.2, -0.15) is 0 Å². The first-order valence-electron chi connectivity index (χ1n) is 8.58. The van der Waals surface area contributed by atoms with Crippen LogP contribution in [0.2, 0.25) is 0 Å². The molecule has 1 N–H and O–H groups in total. The number of hydrogen-bond donors (Lipinski definition) is 1. The molecule has 0 aromatic carbocycles. The van der Waals surface area contributed by atoms with Crippen LogP contribution >= 0.6 is 0 Å². The fourth-order valence-electron chi connectivity index (χ4n) is 2.60. The van der Waals surface area contributed by atoms with Crippen LogP contribution in [0.25, 0.3) is 0 Å². The Balaban J connectivity index is 0. The minimum atomic E-state index is -4.17. The summed E-state index contributed by atoms with van der Waals surface area (Å²) in [6.07, 6.45) is 12.4. The van der Waals surface area contributed by atoms with E-state index >= 15 is 0 Å². The fourth-order valence-corrected chi connectivity index (χ4v) is 3.51. The molecule has 0 radical (unpaired) electrons. The summed E-state index contributed by atoms with van der Waals surface area (Å²) in [4.78, 5) is 0. The van der Waals surface area contributed by atoms with Crippen LogP contribution in [0, 0.1) is 0 Å². The van der Waals surface area contributed by atoms with E-state index in [1.54, 1.807) is 0 Å². The van der Waals surface area contributed by atoms with Gasteiger partial charge in [0.05, 0.1) is 10.1 Å². The van der Waals surface area contributed by atoms with E-state index in [1.165, 1.54) is 32.1 Å². The maximum Gasteiger partial charge on any atom is 1.00 e. The topological polar surface area (TPSA) is 77.4 Å². The zero-order valence-electron chi connectivity index (χ0n) is 14.6. The molecule has 0 saturated heterocycles. The Morgan fingerprint density at radius 3 is 1.64 bits per heavy atom. The molecule has 128 valence electrons. The monoisotopic (exact) mass is 360 g/mol. The summed E-state index contributed by atoms with van der Waals surface area (Å²) >= 11 is 0. The summed E-state index contributed by atoms with van der Waals surface area (Å²) in [6, 6.07) is 0. The van der Waals surface area contributed by atoms with Crippen molar-refractivity contribution in [3.8, 4) is 0 Å². The number of aliphatic hydroxyl groups excluding tert-OH is 1. The third-order valence-electron chi connectivity index (χ3n) is 3.97. The maximum atomic E-state index is 11.2. The molecule has 1 unspecified atom stereocenters. The fraction of sp³-hybridized carbons (Fsp3) is 1.00. The van der Waals surface area contributed by atoms with E-state index < -0.39 is 15.4 Å². The van der Waals surface area contributed by atoms with Crippen LogP contribution in [0.1, 0.15) is 90.4 Å². The van der Waals surface area contributed by atoms with Crippen molar-refractivity contribution >= 4 is 10.1 Å². The molecule has 0 aromatic rings. The van der Waals surface area contributed by atoms with Gasteiger partial charge >= 0.3 is 51.4 Å². The van der Waals surface area contributed by atoms with Gasteiger partial charge in [0.25, 0.3) is 0 Å². The molecule has 0 saturated carbocycles. The van der Waals surface area contributed by atoms with E-state index in [-0.39, 0.29) is 58.0 Å². The summed E-state index contributed by atoms with van der Waals surface area (Å²) in [6.45, 7) is 2.33. The second-order valence-corrected chi connectivity index (χ2v) is 7.60. The Bertz CT molecular complexity index is 320. The van der Waals surface area contributed by atoms with E-state index in [2.05, 4.69) is 6.92 Å². The summed E-state index contributed by atoms with van der Waals surface area (Å²) in [5.74, 6) is 0. The normalized spacial score (nSPS) is 12.9. The SMILES string of the molecule is CCCCCCCCCCC(CCCCCO)S(=O)(=O)[O-].[K+]. The Morgan fingerprint density at radius 1 is 0.818 bits per heavy atom. The van der Waals surface area contributed by atoms with Crippen molar-refractivity contribution in [3.05, 3.63) is 0 Å². The molecular formula is C16H33KO4S. The summed E-state index contributed by atoms with van der Waals surface area (Å²) in [5, 5.41) is 7.96. The first kappa shape index (κ1) is 25.7. The predicted molar refractivity (Wildman–Crippen MR) is 86.3 cm³/mol. The first-order valence-corrected chi connectivity index (χ1v) is 10.0. The Hall–Kier alpha value is 1.51. The molecule has 0 spiro atoms.